The summed E-state index contributed by atoms with van der Waals surface area (Å²) in [5.74, 6) is 0. The molecule has 0 spiro atoms. The third-order valence-corrected chi connectivity index (χ3v) is 4.18. The lowest BCUT2D eigenvalue weighted by molar-refractivity contribution is 0.342. The lowest BCUT2D eigenvalue weighted by Gasteiger charge is -2.18. The average Bonchev–Trinajstić information content (AvgIpc) is 2.78. The number of aryl methyl sites for hydroxylation is 2. The maximum absolute atomic E-state index is 12.6. The molecule has 0 N–H and O–H groups in total. The van der Waals surface area contributed by atoms with Crippen LogP contribution in [-0.4, -0.2) is 14.1 Å². The van der Waals surface area contributed by atoms with Crippen LogP contribution in [0.4, 0.5) is 0 Å². The molecule has 3 rings (SSSR count). The summed E-state index contributed by atoms with van der Waals surface area (Å²) in [4.78, 5) is 17.3. The van der Waals surface area contributed by atoms with Crippen LogP contribution in [0, 0.1) is 23.7 Å². The van der Waals surface area contributed by atoms with Crippen molar-refractivity contribution in [2.45, 2.75) is 34.2 Å². The van der Waals surface area contributed by atoms with E-state index in [9.17, 15) is 10.1 Å². The van der Waals surface area contributed by atoms with Gasteiger partial charge < -0.3 is 0 Å². The smallest absolute Gasteiger partial charge is 0.290 e. The van der Waals surface area contributed by atoms with Crippen LogP contribution >= 0.6 is 0 Å². The van der Waals surface area contributed by atoms with Gasteiger partial charge in [0.1, 0.15) is 0 Å². The molecule has 0 aliphatic carbocycles. The second-order valence-electron chi connectivity index (χ2n) is 7.69. The molecule has 0 aliphatic heterocycles. The van der Waals surface area contributed by atoms with Gasteiger partial charge in [0, 0.05) is 19.2 Å². The van der Waals surface area contributed by atoms with Crippen molar-refractivity contribution >= 4 is 11.2 Å². The number of aromatic nitrogens is 3. The third kappa shape index (κ3) is 3.08. The number of hydrogen-bond acceptors (Lipinski definition) is 3. The zero-order chi connectivity index (χ0) is 18.4. The summed E-state index contributed by atoms with van der Waals surface area (Å²) in [6.45, 7) is 8.92. The molecule has 0 fully saturated rings. The number of nitriles is 1. The molecule has 3 aromatic rings. The summed E-state index contributed by atoms with van der Waals surface area (Å²) in [5, 5.41) is 9.38. The van der Waals surface area contributed by atoms with Gasteiger partial charge in [0.15, 0.2) is 5.65 Å². The molecular formula is C20H22N4O. The normalized spacial score (nSPS) is 11.7. The van der Waals surface area contributed by atoms with E-state index in [1.165, 1.54) is 0 Å². The summed E-state index contributed by atoms with van der Waals surface area (Å²) >= 11 is 0. The first-order valence-corrected chi connectivity index (χ1v) is 8.29. The maximum Gasteiger partial charge on any atom is 0.330 e. The van der Waals surface area contributed by atoms with Crippen LogP contribution in [0.5, 0.6) is 0 Å². The highest BCUT2D eigenvalue weighted by Gasteiger charge is 2.19. The van der Waals surface area contributed by atoms with E-state index < -0.39 is 0 Å². The maximum atomic E-state index is 12.6. The molecule has 1 aromatic carbocycles. The summed E-state index contributed by atoms with van der Waals surface area (Å²) in [7, 11) is 1.74. The zero-order valence-corrected chi connectivity index (χ0v) is 15.3. The van der Waals surface area contributed by atoms with Crippen molar-refractivity contribution < 1.29 is 0 Å². The first-order valence-electron chi connectivity index (χ1n) is 8.29. The molecule has 0 unspecified atom stereocenters. The predicted molar refractivity (Wildman–Crippen MR) is 99.3 cm³/mol. The number of fused-ring (bicyclic) bond motifs is 1. The molecule has 2 heterocycles. The van der Waals surface area contributed by atoms with Crippen molar-refractivity contribution in [3.8, 4) is 17.3 Å². The Kier molecular flexibility index (Phi) is 4.00. The number of benzene rings is 1. The van der Waals surface area contributed by atoms with E-state index in [0.29, 0.717) is 23.4 Å². The molecular weight excluding hydrogens is 312 g/mol. The first-order chi connectivity index (χ1) is 11.7. The molecule has 0 bridgehead atoms. The highest BCUT2D eigenvalue weighted by atomic mass is 16.1. The molecule has 2 aromatic heterocycles. The van der Waals surface area contributed by atoms with Crippen LogP contribution < -0.4 is 5.69 Å². The van der Waals surface area contributed by atoms with Crippen molar-refractivity contribution in [1.82, 2.24) is 14.1 Å². The van der Waals surface area contributed by atoms with Gasteiger partial charge in [0.05, 0.1) is 22.8 Å². The first kappa shape index (κ1) is 17.0. The molecule has 128 valence electrons. The van der Waals surface area contributed by atoms with Crippen molar-refractivity contribution in [1.29, 1.82) is 5.26 Å². The van der Waals surface area contributed by atoms with Crippen LogP contribution in [0.1, 0.15) is 31.9 Å². The highest BCUT2D eigenvalue weighted by Crippen LogP contribution is 2.26. The van der Waals surface area contributed by atoms with Gasteiger partial charge in [-0.05, 0) is 36.6 Å². The number of nitrogens with zero attached hydrogens (tertiary/aromatic N) is 4. The van der Waals surface area contributed by atoms with Gasteiger partial charge >= 0.3 is 5.69 Å². The van der Waals surface area contributed by atoms with E-state index in [1.807, 2.05) is 31.2 Å². The minimum Gasteiger partial charge on any atom is -0.290 e. The van der Waals surface area contributed by atoms with Gasteiger partial charge in [-0.15, -0.1) is 0 Å². The van der Waals surface area contributed by atoms with E-state index >= 15 is 0 Å². The molecule has 0 radical (unpaired) electrons. The summed E-state index contributed by atoms with van der Waals surface area (Å²) < 4.78 is 3.35. The minimum atomic E-state index is -0.0701. The number of rotatable bonds is 2. The van der Waals surface area contributed by atoms with Crippen LogP contribution in [0.15, 0.2) is 35.1 Å². The lowest BCUT2D eigenvalue weighted by atomic mass is 9.97. The second kappa shape index (κ2) is 5.89. The molecule has 0 atom stereocenters. The van der Waals surface area contributed by atoms with E-state index in [-0.39, 0.29) is 11.1 Å². The fourth-order valence-corrected chi connectivity index (χ4v) is 3.02. The Bertz CT molecular complexity index is 1060. The topological polar surface area (TPSA) is 63.6 Å². The lowest BCUT2D eigenvalue weighted by Crippen LogP contribution is -2.27. The largest absolute Gasteiger partial charge is 0.330 e. The van der Waals surface area contributed by atoms with E-state index in [0.717, 1.165) is 16.6 Å². The van der Waals surface area contributed by atoms with Crippen LogP contribution in [0.2, 0.25) is 0 Å². The molecule has 5 nitrogen and oxygen atoms in total. The van der Waals surface area contributed by atoms with Gasteiger partial charge in [0.2, 0.25) is 0 Å². The quantitative estimate of drug-likeness (QED) is 0.719. The zero-order valence-electron chi connectivity index (χ0n) is 15.3. The fraction of sp³-hybridized carbons (Fsp3) is 0.350. The van der Waals surface area contributed by atoms with Crippen molar-refractivity contribution in [2.24, 2.45) is 12.5 Å². The van der Waals surface area contributed by atoms with Gasteiger partial charge in [-0.1, -0.05) is 32.4 Å². The molecule has 0 saturated heterocycles. The third-order valence-electron chi connectivity index (χ3n) is 4.18. The van der Waals surface area contributed by atoms with Gasteiger partial charge in [-0.3, -0.25) is 9.13 Å². The van der Waals surface area contributed by atoms with Crippen LogP contribution in [0.3, 0.4) is 0 Å². The molecule has 0 saturated carbocycles. The number of hydrogen-bond donors (Lipinski definition) is 0. The fourth-order valence-electron chi connectivity index (χ4n) is 3.02. The summed E-state index contributed by atoms with van der Waals surface area (Å²) in [6.07, 6.45) is 0. The molecule has 25 heavy (non-hydrogen) atoms. The van der Waals surface area contributed by atoms with Gasteiger partial charge in [0.25, 0.3) is 0 Å². The standard InChI is InChI=1S/C20H22N4O/c1-13-6-7-14(11-21)15(10-13)16-8-9-17-18(22-16)23(5)19(25)24(17)12-20(2,3)4/h6-10H,12H2,1-5H3. The average molecular weight is 334 g/mol. The Morgan fingerprint density at radius 3 is 2.56 bits per heavy atom. The second-order valence-corrected chi connectivity index (χ2v) is 7.69. The van der Waals surface area contributed by atoms with E-state index in [1.54, 1.807) is 22.2 Å². The molecule has 0 aliphatic rings. The SMILES string of the molecule is Cc1ccc(C#N)c(-c2ccc3c(n2)n(C)c(=O)n3CC(C)(C)C)c1. The predicted octanol–water partition coefficient (Wildman–Crippen LogP) is 3.63. The van der Waals surface area contributed by atoms with Crippen LogP contribution in [0.25, 0.3) is 22.4 Å². The Balaban J connectivity index is 2.24. The van der Waals surface area contributed by atoms with Crippen molar-refractivity contribution in [3.63, 3.8) is 0 Å². The monoisotopic (exact) mass is 334 g/mol. The van der Waals surface area contributed by atoms with E-state index in [4.69, 9.17) is 4.98 Å². The Morgan fingerprint density at radius 1 is 1.20 bits per heavy atom. The Labute approximate surface area is 147 Å². The van der Waals surface area contributed by atoms with Crippen molar-refractivity contribution in [3.05, 3.63) is 51.9 Å². The van der Waals surface area contributed by atoms with Crippen LogP contribution in [-0.2, 0) is 13.6 Å². The van der Waals surface area contributed by atoms with Gasteiger partial charge in [-0.25, -0.2) is 9.78 Å². The number of imidazole rings is 1. The van der Waals surface area contributed by atoms with Crippen molar-refractivity contribution in [2.75, 3.05) is 0 Å². The summed E-state index contributed by atoms with van der Waals surface area (Å²) in [6, 6.07) is 11.7. The minimum absolute atomic E-state index is 0.0126. The van der Waals surface area contributed by atoms with Gasteiger partial charge in [-0.2, -0.15) is 5.26 Å². The Morgan fingerprint density at radius 2 is 1.92 bits per heavy atom. The summed E-state index contributed by atoms with van der Waals surface area (Å²) in [5.41, 5.74) is 4.51. The number of pyridine rings is 1. The Hall–Kier alpha value is -2.87. The molecule has 0 amide bonds. The molecule has 5 heteroatoms. The highest BCUT2D eigenvalue weighted by molar-refractivity contribution is 5.78. The van der Waals surface area contributed by atoms with E-state index in [2.05, 4.69) is 26.8 Å².